The Morgan fingerprint density at radius 3 is 2.27 bits per heavy atom. The molecule has 0 bridgehead atoms. The van der Waals surface area contributed by atoms with Gasteiger partial charge >= 0.3 is 0 Å². The molecule has 1 aliphatic carbocycles. The van der Waals surface area contributed by atoms with Crippen molar-refractivity contribution in [1.29, 1.82) is 0 Å². The molecule has 2 saturated heterocycles. The zero-order valence-corrected chi connectivity index (χ0v) is 22.4. The van der Waals surface area contributed by atoms with Crippen LogP contribution in [0.3, 0.4) is 0 Å². The molecule has 2 aromatic carbocycles. The van der Waals surface area contributed by atoms with E-state index in [1.165, 1.54) is 0 Å². The third-order valence-corrected chi connectivity index (χ3v) is 10.7. The lowest BCUT2D eigenvalue weighted by atomic mass is 9.49. The number of sulfonamides is 1. The number of benzene rings is 2. The van der Waals surface area contributed by atoms with E-state index in [1.54, 1.807) is 23.1 Å². The van der Waals surface area contributed by atoms with E-state index in [1.807, 2.05) is 61.7 Å². The first-order chi connectivity index (χ1) is 17.4. The van der Waals surface area contributed by atoms with Gasteiger partial charge in [0.25, 0.3) is 5.91 Å². The fraction of sp³-hybridized carbons (Fsp3) is 0.458. The quantitative estimate of drug-likeness (QED) is 0.473. The lowest BCUT2D eigenvalue weighted by Crippen LogP contribution is -2.53. The third kappa shape index (κ3) is 3.91. The molecule has 1 spiro atoms. The number of likely N-dealkylation sites (tertiary alicyclic amines) is 1. The Morgan fingerprint density at radius 1 is 1.08 bits per heavy atom. The Hall–Kier alpha value is -2.10. The number of nitrogens with zero attached hydrogens (tertiary/aromatic N) is 1. The van der Waals surface area contributed by atoms with E-state index < -0.39 is 45.4 Å². The molecule has 3 fully saturated rings. The predicted molar refractivity (Wildman–Crippen MR) is 149 cm³/mol. The van der Waals surface area contributed by atoms with Crippen molar-refractivity contribution in [2.24, 2.45) is 5.41 Å². The molecule has 2 heterocycles. The summed E-state index contributed by atoms with van der Waals surface area (Å²) in [6, 6.07) is 11.2. The summed E-state index contributed by atoms with van der Waals surface area (Å²) in [7, 11) is 3.93. The molecular weight excluding hydrogens is 494 g/mol. The Bertz CT molecular complexity index is 1310. The van der Waals surface area contributed by atoms with Crippen LogP contribution < -0.4 is 4.72 Å². The second-order valence-corrected chi connectivity index (χ2v) is 13.3. The van der Waals surface area contributed by atoms with E-state index in [4.69, 9.17) is 4.74 Å². The minimum absolute atomic E-state index is 0.0817. The highest BCUT2D eigenvalue weighted by atomic mass is 32.2. The molecule has 1 amide bonds. The van der Waals surface area contributed by atoms with Crippen LogP contribution in [0.15, 0.2) is 48.5 Å². The molecule has 6 nitrogen and oxygen atoms in total. The molecule has 1 N–H and O–H groups in total. The highest BCUT2D eigenvalue weighted by Crippen LogP contribution is 2.85. The Balaban J connectivity index is 1.60. The normalized spacial score (nSPS) is 27.1. The highest BCUT2D eigenvalue weighted by Gasteiger charge is 2.82. The van der Waals surface area contributed by atoms with Gasteiger partial charge in [-0.15, -0.1) is 0 Å². The minimum Gasteiger partial charge on any atom is -0.368 e. The fourth-order valence-electron chi connectivity index (χ4n) is 6.93. The van der Waals surface area contributed by atoms with Gasteiger partial charge in [0.2, 0.25) is 16.0 Å². The maximum absolute atomic E-state index is 15.9. The lowest BCUT2D eigenvalue weighted by molar-refractivity contribution is -0.157. The van der Waals surface area contributed by atoms with Gasteiger partial charge in [0.15, 0.2) is 0 Å². The smallest absolute Gasteiger partial charge is 0.252 e. The molecule has 37 heavy (non-hydrogen) atoms. The summed E-state index contributed by atoms with van der Waals surface area (Å²) in [5, 5.41) is -0.719. The summed E-state index contributed by atoms with van der Waals surface area (Å²) in [6.45, 7) is 0.776. The molecule has 1 saturated carbocycles. The number of nitrogens with one attached hydrogen (secondary N) is 1. The SMILES string of the molecule is BC1(B)C(B)(B)C12CN(C(=O)[C@H]1CCO1)[C@@H](Cc1cccc(-c3ccccc3)c1F)[C@H]2NS(=O)(=O)CF. The van der Waals surface area contributed by atoms with Crippen molar-refractivity contribution in [3.05, 3.63) is 59.9 Å². The van der Waals surface area contributed by atoms with Crippen molar-refractivity contribution in [2.45, 2.75) is 41.5 Å². The summed E-state index contributed by atoms with van der Waals surface area (Å²) in [5.74, 6) is -0.640. The molecular formula is C24H30B4F2N2O4S. The van der Waals surface area contributed by atoms with Crippen LogP contribution in [-0.2, 0) is 26.0 Å². The summed E-state index contributed by atoms with van der Waals surface area (Å²) in [5.41, 5.74) is 0.870. The third-order valence-electron chi connectivity index (χ3n) is 9.77. The average Bonchev–Trinajstić information content (AvgIpc) is 3.04. The number of alkyl halides is 1. The Morgan fingerprint density at radius 2 is 1.73 bits per heavy atom. The van der Waals surface area contributed by atoms with Gasteiger partial charge in [0.05, 0.1) is 44.0 Å². The molecule has 0 unspecified atom stereocenters. The van der Waals surface area contributed by atoms with Gasteiger partial charge in [-0.3, -0.25) is 4.79 Å². The first kappa shape index (κ1) is 26.5. The number of hydrogen-bond acceptors (Lipinski definition) is 4. The maximum Gasteiger partial charge on any atom is 0.252 e. The largest absolute Gasteiger partial charge is 0.368 e. The second-order valence-electron chi connectivity index (χ2n) is 11.6. The Labute approximate surface area is 220 Å². The van der Waals surface area contributed by atoms with E-state index in [0.29, 0.717) is 24.2 Å². The van der Waals surface area contributed by atoms with Crippen molar-refractivity contribution in [3.63, 3.8) is 0 Å². The number of rotatable bonds is 7. The fourth-order valence-corrected chi connectivity index (χ4v) is 7.74. The first-order valence-corrected chi connectivity index (χ1v) is 14.3. The molecule has 2 aromatic rings. The monoisotopic (exact) mass is 524 g/mol. The summed E-state index contributed by atoms with van der Waals surface area (Å²) in [6.07, 6.45) is 0.0698. The molecule has 2 aliphatic heterocycles. The van der Waals surface area contributed by atoms with Crippen LogP contribution >= 0.6 is 0 Å². The lowest BCUT2D eigenvalue weighted by Gasteiger charge is -2.34. The predicted octanol–water partition coefficient (Wildman–Crippen LogP) is -0.985. The van der Waals surface area contributed by atoms with Crippen LogP contribution in [0, 0.1) is 11.2 Å². The number of carbonyl (C=O) groups is 1. The molecule has 0 radical (unpaired) electrons. The zero-order valence-electron chi connectivity index (χ0n) is 21.6. The highest BCUT2D eigenvalue weighted by molar-refractivity contribution is 7.89. The van der Waals surface area contributed by atoms with E-state index >= 15 is 4.39 Å². The van der Waals surface area contributed by atoms with Crippen LogP contribution in [0.25, 0.3) is 11.1 Å². The molecule has 3 atom stereocenters. The average molecular weight is 524 g/mol. The second kappa shape index (κ2) is 8.99. The number of hydrogen-bond donors (Lipinski definition) is 1. The van der Waals surface area contributed by atoms with E-state index in [0.717, 1.165) is 5.56 Å². The number of amides is 1. The van der Waals surface area contributed by atoms with Gasteiger partial charge < -0.3 is 9.64 Å². The van der Waals surface area contributed by atoms with Gasteiger partial charge in [-0.2, -0.15) is 0 Å². The van der Waals surface area contributed by atoms with Crippen LogP contribution in [0.2, 0.25) is 10.4 Å². The first-order valence-electron chi connectivity index (χ1n) is 12.7. The van der Waals surface area contributed by atoms with Crippen LogP contribution in [0.5, 0.6) is 0 Å². The van der Waals surface area contributed by atoms with Crippen LogP contribution in [-0.4, -0.2) is 88.0 Å². The topological polar surface area (TPSA) is 75.7 Å². The molecule has 3 aliphatic rings. The zero-order chi connectivity index (χ0) is 26.8. The molecule has 5 rings (SSSR count). The van der Waals surface area contributed by atoms with Gasteiger partial charge in [0, 0.05) is 24.6 Å². The van der Waals surface area contributed by atoms with Crippen molar-refractivity contribution in [1.82, 2.24) is 9.62 Å². The summed E-state index contributed by atoms with van der Waals surface area (Å²) >= 11 is 0. The van der Waals surface area contributed by atoms with Gasteiger partial charge in [-0.1, -0.05) is 59.0 Å². The van der Waals surface area contributed by atoms with Crippen LogP contribution in [0.1, 0.15) is 12.0 Å². The van der Waals surface area contributed by atoms with Crippen molar-refractivity contribution >= 4 is 47.3 Å². The number of ether oxygens (including phenoxy) is 1. The molecule has 0 aromatic heterocycles. The number of carbonyl (C=O) groups excluding carboxylic acids is 1. The van der Waals surface area contributed by atoms with Crippen LogP contribution in [0.4, 0.5) is 8.78 Å². The van der Waals surface area contributed by atoms with E-state index in [2.05, 4.69) is 4.72 Å². The maximum atomic E-state index is 15.9. The summed E-state index contributed by atoms with van der Waals surface area (Å²) in [4.78, 5) is 15.2. The number of halogens is 2. The van der Waals surface area contributed by atoms with E-state index in [-0.39, 0.29) is 29.3 Å². The van der Waals surface area contributed by atoms with Gasteiger partial charge in [-0.25, -0.2) is 21.9 Å². The molecule has 13 heteroatoms. The van der Waals surface area contributed by atoms with Gasteiger partial charge in [0.1, 0.15) is 11.9 Å². The van der Waals surface area contributed by atoms with Crippen molar-refractivity contribution in [3.8, 4) is 11.1 Å². The van der Waals surface area contributed by atoms with E-state index in [9.17, 15) is 17.6 Å². The minimum atomic E-state index is -4.26. The van der Waals surface area contributed by atoms with Crippen molar-refractivity contribution in [2.75, 3.05) is 19.2 Å². The molecule has 192 valence electrons. The Kier molecular flexibility index (Phi) is 6.44. The standard InChI is InChI=1S/C24H30B4F2N2O4S/c25-23(26)22(24(23,27)28)12-32(21(33)18-9-10-36-18)17(20(22)31-37(34,35)13-29)11-15-7-4-8-16(19(15)30)14-5-2-1-3-6-14/h1-8,17-18,20,31H,9-13,25-28H2/t17-,18+,20+/m0/s1. The van der Waals surface area contributed by atoms with Crippen molar-refractivity contribution < 1.29 is 26.7 Å². The summed E-state index contributed by atoms with van der Waals surface area (Å²) < 4.78 is 62.7. The van der Waals surface area contributed by atoms with Gasteiger partial charge in [-0.05, 0) is 23.0 Å².